The van der Waals surface area contributed by atoms with Crippen LogP contribution in [0.2, 0.25) is 0 Å². The highest BCUT2D eigenvalue weighted by Crippen LogP contribution is 2.58. The lowest BCUT2D eigenvalue weighted by molar-refractivity contribution is -0.149. The number of hydrogen-bond donors (Lipinski definition) is 0. The minimum atomic E-state index is -0.880. The Balaban J connectivity index is 1.69. The van der Waals surface area contributed by atoms with Gasteiger partial charge in [0.25, 0.3) is 0 Å². The Kier molecular flexibility index (Phi) is 4.82. The molecule has 0 aromatic heterocycles. The van der Waals surface area contributed by atoms with E-state index in [-0.39, 0.29) is 5.97 Å². The van der Waals surface area contributed by atoms with Crippen LogP contribution in [-0.2, 0) is 26.5 Å². The summed E-state index contributed by atoms with van der Waals surface area (Å²) in [5, 5.41) is 0. The van der Waals surface area contributed by atoms with Gasteiger partial charge in [0.15, 0.2) is 5.60 Å². The smallest absolute Gasteiger partial charge is 0.341 e. The van der Waals surface area contributed by atoms with Crippen molar-refractivity contribution in [1.82, 2.24) is 0 Å². The van der Waals surface area contributed by atoms with E-state index in [1.54, 1.807) is 6.92 Å². The number of rotatable bonds is 7. The molecule has 0 saturated carbocycles. The van der Waals surface area contributed by atoms with Gasteiger partial charge in [0.1, 0.15) is 18.0 Å². The van der Waals surface area contributed by atoms with Crippen LogP contribution in [0, 0.1) is 0 Å². The van der Waals surface area contributed by atoms with Crippen molar-refractivity contribution >= 4 is 5.97 Å². The molecule has 2 atom stereocenters. The van der Waals surface area contributed by atoms with E-state index in [0.29, 0.717) is 19.6 Å². The van der Waals surface area contributed by atoms with Crippen molar-refractivity contribution in [2.24, 2.45) is 0 Å². The minimum absolute atomic E-state index is 0.288. The zero-order chi connectivity index (χ0) is 17.9. The first kappa shape index (κ1) is 17.5. The van der Waals surface area contributed by atoms with Crippen LogP contribution < -0.4 is 4.74 Å². The normalized spacial score (nSPS) is 24.6. The van der Waals surface area contributed by atoms with E-state index in [0.717, 1.165) is 16.9 Å². The van der Waals surface area contributed by atoms with Crippen molar-refractivity contribution in [2.75, 3.05) is 6.61 Å². The van der Waals surface area contributed by atoms with Crippen LogP contribution >= 0.6 is 0 Å². The van der Waals surface area contributed by atoms with Crippen molar-refractivity contribution in [3.8, 4) is 5.75 Å². The molecule has 0 radical (unpaired) electrons. The summed E-state index contributed by atoms with van der Waals surface area (Å²) in [6.07, 6.45) is 0.578. The van der Waals surface area contributed by atoms with Crippen LogP contribution in [0.3, 0.4) is 0 Å². The highest BCUT2D eigenvalue weighted by molar-refractivity contribution is 5.85. The third-order valence-corrected chi connectivity index (χ3v) is 4.86. The first-order valence-electron chi connectivity index (χ1n) is 8.70. The second-order valence-electron chi connectivity index (χ2n) is 6.34. The summed E-state index contributed by atoms with van der Waals surface area (Å²) in [7, 11) is 0. The lowest BCUT2D eigenvalue weighted by Crippen LogP contribution is -2.32. The zero-order valence-corrected chi connectivity index (χ0v) is 15.0. The molecule has 4 heteroatoms. The van der Waals surface area contributed by atoms with Crippen LogP contribution in [-0.4, -0.2) is 18.2 Å². The number of esters is 1. The van der Waals surface area contributed by atoms with E-state index in [1.165, 1.54) is 0 Å². The van der Waals surface area contributed by atoms with Crippen molar-refractivity contribution in [3.63, 3.8) is 0 Å². The zero-order valence-electron chi connectivity index (χ0n) is 15.0. The van der Waals surface area contributed by atoms with Crippen molar-refractivity contribution in [2.45, 2.75) is 45.0 Å². The van der Waals surface area contributed by atoms with Gasteiger partial charge < -0.3 is 14.2 Å². The summed E-state index contributed by atoms with van der Waals surface area (Å²) in [6.45, 7) is 6.56. The molecule has 1 aliphatic rings. The van der Waals surface area contributed by atoms with Gasteiger partial charge in [0.2, 0.25) is 0 Å². The Morgan fingerprint density at radius 3 is 2.32 bits per heavy atom. The molecule has 1 heterocycles. The number of ether oxygens (including phenoxy) is 3. The predicted octanol–water partition coefficient (Wildman–Crippen LogP) is 4.22. The van der Waals surface area contributed by atoms with Gasteiger partial charge in [-0.3, -0.25) is 0 Å². The Labute approximate surface area is 148 Å². The van der Waals surface area contributed by atoms with E-state index in [1.807, 2.05) is 68.4 Å². The summed E-state index contributed by atoms with van der Waals surface area (Å²) in [4.78, 5) is 12.3. The topological polar surface area (TPSA) is 48.1 Å². The maximum absolute atomic E-state index is 12.3. The molecule has 1 aliphatic heterocycles. The van der Waals surface area contributed by atoms with E-state index in [2.05, 4.69) is 0 Å². The molecule has 0 spiro atoms. The maximum Gasteiger partial charge on any atom is 0.341 e. The van der Waals surface area contributed by atoms with Crippen LogP contribution in [0.15, 0.2) is 54.6 Å². The number of carbonyl (C=O) groups is 1. The number of carbonyl (C=O) groups excluding carboxylic acids is 1. The fraction of sp³-hybridized carbons (Fsp3) is 0.381. The van der Waals surface area contributed by atoms with E-state index < -0.39 is 11.2 Å². The molecule has 25 heavy (non-hydrogen) atoms. The molecule has 0 amide bonds. The molecule has 2 aromatic carbocycles. The Hall–Kier alpha value is -2.33. The summed E-state index contributed by atoms with van der Waals surface area (Å²) in [6, 6.07) is 17.8. The first-order valence-corrected chi connectivity index (χ1v) is 8.70. The third kappa shape index (κ3) is 3.14. The summed E-state index contributed by atoms with van der Waals surface area (Å²) >= 11 is 0. The standard InChI is InChI=1S/C21H24O4/c1-4-21(19(22)23-5-2)20(3,25-21)17-11-13-18(14-12-17)24-15-16-9-7-6-8-10-16/h6-14H,4-5,15H2,1-3H3. The van der Waals surface area contributed by atoms with Gasteiger partial charge in [-0.1, -0.05) is 49.4 Å². The minimum Gasteiger partial charge on any atom is -0.489 e. The van der Waals surface area contributed by atoms with E-state index >= 15 is 0 Å². The Bertz CT molecular complexity index is 725. The molecule has 3 rings (SSSR count). The molecular weight excluding hydrogens is 316 g/mol. The number of hydrogen-bond acceptors (Lipinski definition) is 4. The van der Waals surface area contributed by atoms with Crippen molar-refractivity contribution in [3.05, 3.63) is 65.7 Å². The molecule has 1 fully saturated rings. The maximum atomic E-state index is 12.3. The Morgan fingerprint density at radius 1 is 1.04 bits per heavy atom. The largest absolute Gasteiger partial charge is 0.489 e. The summed E-state index contributed by atoms with van der Waals surface area (Å²) < 4.78 is 16.9. The molecule has 4 nitrogen and oxygen atoms in total. The number of epoxide rings is 1. The first-order chi connectivity index (χ1) is 12.1. The summed E-state index contributed by atoms with van der Waals surface area (Å²) in [5.74, 6) is 0.500. The van der Waals surface area contributed by atoms with Crippen LogP contribution in [0.25, 0.3) is 0 Å². The van der Waals surface area contributed by atoms with Gasteiger partial charge >= 0.3 is 5.97 Å². The fourth-order valence-electron chi connectivity index (χ4n) is 3.26. The van der Waals surface area contributed by atoms with Gasteiger partial charge in [-0.25, -0.2) is 4.79 Å². The lowest BCUT2D eigenvalue weighted by atomic mass is 9.86. The van der Waals surface area contributed by atoms with Gasteiger partial charge in [-0.2, -0.15) is 0 Å². The quantitative estimate of drug-likeness (QED) is 0.559. The second-order valence-corrected chi connectivity index (χ2v) is 6.34. The molecule has 0 N–H and O–H groups in total. The molecule has 0 aliphatic carbocycles. The SMILES string of the molecule is CCOC(=O)C1(CC)OC1(C)c1ccc(OCc2ccccc2)cc1. The molecule has 2 aromatic rings. The molecular formula is C21H24O4. The molecule has 2 unspecified atom stereocenters. The average molecular weight is 340 g/mol. The molecule has 0 bridgehead atoms. The monoisotopic (exact) mass is 340 g/mol. The highest BCUT2D eigenvalue weighted by atomic mass is 16.7. The van der Waals surface area contributed by atoms with Crippen LogP contribution in [0.1, 0.15) is 38.3 Å². The van der Waals surface area contributed by atoms with Crippen molar-refractivity contribution < 1.29 is 19.0 Å². The van der Waals surface area contributed by atoms with Gasteiger partial charge in [0.05, 0.1) is 6.61 Å². The third-order valence-electron chi connectivity index (χ3n) is 4.86. The van der Waals surface area contributed by atoms with E-state index in [9.17, 15) is 4.79 Å². The van der Waals surface area contributed by atoms with Gasteiger partial charge in [-0.05, 0) is 43.5 Å². The highest BCUT2D eigenvalue weighted by Gasteiger charge is 2.72. The van der Waals surface area contributed by atoms with Crippen LogP contribution in [0.5, 0.6) is 5.75 Å². The van der Waals surface area contributed by atoms with Gasteiger partial charge in [0, 0.05) is 0 Å². The predicted molar refractivity (Wildman–Crippen MR) is 95.3 cm³/mol. The van der Waals surface area contributed by atoms with Crippen molar-refractivity contribution in [1.29, 1.82) is 0 Å². The van der Waals surface area contributed by atoms with Crippen LogP contribution in [0.4, 0.5) is 0 Å². The van der Waals surface area contributed by atoms with Gasteiger partial charge in [-0.15, -0.1) is 0 Å². The lowest BCUT2D eigenvalue weighted by Gasteiger charge is -2.15. The second kappa shape index (κ2) is 6.89. The molecule has 1 saturated heterocycles. The average Bonchev–Trinajstić information content (AvgIpc) is 3.29. The Morgan fingerprint density at radius 2 is 1.72 bits per heavy atom. The number of benzene rings is 2. The fourth-order valence-corrected chi connectivity index (χ4v) is 3.26. The van der Waals surface area contributed by atoms with E-state index in [4.69, 9.17) is 14.2 Å². The summed E-state index contributed by atoms with van der Waals surface area (Å²) in [5.41, 5.74) is 0.548. The molecule has 132 valence electrons.